The molecule has 94 valence electrons. The van der Waals surface area contributed by atoms with Crippen molar-refractivity contribution in [2.75, 3.05) is 11.9 Å². The van der Waals surface area contributed by atoms with Gasteiger partial charge in [-0.1, -0.05) is 6.08 Å². The summed E-state index contributed by atoms with van der Waals surface area (Å²) in [5.41, 5.74) is 3.28. The van der Waals surface area contributed by atoms with E-state index in [4.69, 9.17) is 0 Å². The molecule has 0 aliphatic heterocycles. The normalized spacial score (nSPS) is 10.6. The molecule has 18 heavy (non-hydrogen) atoms. The highest BCUT2D eigenvalue weighted by atomic mass is 16.1. The van der Waals surface area contributed by atoms with Crippen LogP contribution < -0.4 is 10.9 Å². The fourth-order valence-corrected chi connectivity index (χ4v) is 2.24. The fourth-order valence-electron chi connectivity index (χ4n) is 2.24. The second-order valence-corrected chi connectivity index (χ2v) is 4.28. The first-order chi connectivity index (χ1) is 8.69. The van der Waals surface area contributed by atoms with Gasteiger partial charge in [-0.3, -0.25) is 4.79 Å². The van der Waals surface area contributed by atoms with Crippen LogP contribution in [0.2, 0.25) is 0 Å². The molecule has 0 aliphatic rings. The second-order valence-electron chi connectivity index (χ2n) is 4.28. The lowest BCUT2D eigenvalue weighted by atomic mass is 10.0. The number of allylic oxidation sites excluding steroid dienone is 1. The molecule has 0 aliphatic carbocycles. The Morgan fingerprint density at radius 1 is 1.33 bits per heavy atom. The van der Waals surface area contributed by atoms with Gasteiger partial charge in [-0.2, -0.15) is 0 Å². The zero-order chi connectivity index (χ0) is 13.1. The molecular formula is C15H18N2O. The molecule has 1 N–H and O–H groups in total. The molecule has 0 radical (unpaired) electrons. The maximum atomic E-state index is 11.6. The van der Waals surface area contributed by atoms with Gasteiger partial charge in [0, 0.05) is 30.7 Å². The summed E-state index contributed by atoms with van der Waals surface area (Å²) in [6.45, 7) is 6.76. The Balaban J connectivity index is 2.77. The molecule has 0 atom stereocenters. The lowest BCUT2D eigenvalue weighted by Crippen LogP contribution is -2.15. The van der Waals surface area contributed by atoms with Crippen molar-refractivity contribution in [3.8, 4) is 0 Å². The van der Waals surface area contributed by atoms with E-state index in [1.165, 1.54) is 5.56 Å². The lowest BCUT2D eigenvalue weighted by Gasteiger charge is -2.14. The highest BCUT2D eigenvalue weighted by Gasteiger charge is 2.08. The van der Waals surface area contributed by atoms with Crippen molar-refractivity contribution in [1.82, 2.24) is 4.57 Å². The summed E-state index contributed by atoms with van der Waals surface area (Å²) in [7, 11) is 1.80. The van der Waals surface area contributed by atoms with E-state index in [-0.39, 0.29) is 5.56 Å². The largest absolute Gasteiger partial charge is 0.385 e. The molecule has 0 saturated heterocycles. The summed E-state index contributed by atoms with van der Waals surface area (Å²) in [4.78, 5) is 11.6. The van der Waals surface area contributed by atoms with Crippen molar-refractivity contribution >= 4 is 16.6 Å². The van der Waals surface area contributed by atoms with Crippen LogP contribution in [0.15, 0.2) is 41.7 Å². The zero-order valence-electron chi connectivity index (χ0n) is 10.9. The van der Waals surface area contributed by atoms with E-state index in [2.05, 4.69) is 18.8 Å². The molecule has 1 aromatic heterocycles. The highest BCUT2D eigenvalue weighted by molar-refractivity contribution is 5.88. The SMILES string of the molecule is C=CCc1c(NCC)ccc2c1ccc(=O)n2C. The van der Waals surface area contributed by atoms with Crippen LogP contribution in [0.4, 0.5) is 5.69 Å². The minimum atomic E-state index is 0.0169. The van der Waals surface area contributed by atoms with Gasteiger partial charge in [-0.05, 0) is 37.1 Å². The molecule has 0 fully saturated rings. The van der Waals surface area contributed by atoms with Gasteiger partial charge in [-0.15, -0.1) is 6.58 Å². The van der Waals surface area contributed by atoms with Gasteiger partial charge in [0.2, 0.25) is 0 Å². The molecular weight excluding hydrogens is 224 g/mol. The van der Waals surface area contributed by atoms with E-state index < -0.39 is 0 Å². The second kappa shape index (κ2) is 5.08. The number of aryl methyl sites for hydroxylation is 1. The molecule has 2 rings (SSSR count). The average Bonchev–Trinajstić information content (AvgIpc) is 2.37. The quantitative estimate of drug-likeness (QED) is 0.836. The third-order valence-electron chi connectivity index (χ3n) is 3.13. The number of hydrogen-bond donors (Lipinski definition) is 1. The van der Waals surface area contributed by atoms with Crippen LogP contribution >= 0.6 is 0 Å². The Morgan fingerprint density at radius 3 is 2.78 bits per heavy atom. The van der Waals surface area contributed by atoms with Crippen LogP contribution in [0.1, 0.15) is 12.5 Å². The molecule has 1 aromatic carbocycles. The number of benzene rings is 1. The van der Waals surface area contributed by atoms with E-state index in [1.54, 1.807) is 17.7 Å². The van der Waals surface area contributed by atoms with Gasteiger partial charge in [0.25, 0.3) is 5.56 Å². The van der Waals surface area contributed by atoms with Crippen LogP contribution in [-0.4, -0.2) is 11.1 Å². The highest BCUT2D eigenvalue weighted by Crippen LogP contribution is 2.25. The van der Waals surface area contributed by atoms with Gasteiger partial charge < -0.3 is 9.88 Å². The predicted octanol–water partition coefficient (Wildman–Crippen LogP) is 2.70. The van der Waals surface area contributed by atoms with Crippen LogP contribution in [-0.2, 0) is 13.5 Å². The minimum Gasteiger partial charge on any atom is -0.385 e. The molecule has 3 heteroatoms. The van der Waals surface area contributed by atoms with E-state index >= 15 is 0 Å². The first kappa shape index (κ1) is 12.4. The Kier molecular flexibility index (Phi) is 3.51. The van der Waals surface area contributed by atoms with Crippen molar-refractivity contribution < 1.29 is 0 Å². The summed E-state index contributed by atoms with van der Waals surface area (Å²) >= 11 is 0. The van der Waals surface area contributed by atoms with Crippen molar-refractivity contribution in [2.45, 2.75) is 13.3 Å². The summed E-state index contributed by atoms with van der Waals surface area (Å²) in [5.74, 6) is 0. The van der Waals surface area contributed by atoms with Gasteiger partial charge in [0.15, 0.2) is 0 Å². The molecule has 3 nitrogen and oxygen atoms in total. The number of rotatable bonds is 4. The topological polar surface area (TPSA) is 34.0 Å². The van der Waals surface area contributed by atoms with Crippen molar-refractivity contribution in [1.29, 1.82) is 0 Å². The van der Waals surface area contributed by atoms with Crippen LogP contribution in [0.5, 0.6) is 0 Å². The standard InChI is InChI=1S/C15H18N2O/c1-4-6-11-12-7-10-15(18)17(3)14(12)9-8-13(11)16-5-2/h4,7-10,16H,1,5-6H2,2-3H3. The maximum Gasteiger partial charge on any atom is 0.250 e. The van der Waals surface area contributed by atoms with Crippen molar-refractivity contribution in [3.05, 3.63) is 52.8 Å². The van der Waals surface area contributed by atoms with Gasteiger partial charge >= 0.3 is 0 Å². The zero-order valence-corrected chi connectivity index (χ0v) is 10.9. The first-order valence-electron chi connectivity index (χ1n) is 6.15. The van der Waals surface area contributed by atoms with Crippen LogP contribution in [0.3, 0.4) is 0 Å². The Labute approximate surface area is 107 Å². The summed E-state index contributed by atoms with van der Waals surface area (Å²) in [5, 5.41) is 4.46. The average molecular weight is 242 g/mol. The molecule has 2 aromatic rings. The van der Waals surface area contributed by atoms with Gasteiger partial charge in [0.05, 0.1) is 5.52 Å². The van der Waals surface area contributed by atoms with Crippen LogP contribution in [0, 0.1) is 0 Å². The number of pyridine rings is 1. The number of fused-ring (bicyclic) bond motifs is 1. The smallest absolute Gasteiger partial charge is 0.250 e. The molecule has 1 heterocycles. The third kappa shape index (κ3) is 2.04. The van der Waals surface area contributed by atoms with Crippen LogP contribution in [0.25, 0.3) is 10.9 Å². The summed E-state index contributed by atoms with van der Waals surface area (Å²) < 4.78 is 1.68. The van der Waals surface area contributed by atoms with Gasteiger partial charge in [0.1, 0.15) is 0 Å². The Bertz CT molecular complexity index is 641. The van der Waals surface area contributed by atoms with Crippen molar-refractivity contribution in [3.63, 3.8) is 0 Å². The summed E-state index contributed by atoms with van der Waals surface area (Å²) in [6, 6.07) is 7.54. The van der Waals surface area contributed by atoms with E-state index in [0.717, 1.165) is 29.6 Å². The minimum absolute atomic E-state index is 0.0169. The number of nitrogens with one attached hydrogen (secondary N) is 1. The number of anilines is 1. The predicted molar refractivity (Wildman–Crippen MR) is 77.3 cm³/mol. The maximum absolute atomic E-state index is 11.6. The fraction of sp³-hybridized carbons (Fsp3) is 0.267. The van der Waals surface area contributed by atoms with E-state index in [1.807, 2.05) is 24.3 Å². The van der Waals surface area contributed by atoms with E-state index in [9.17, 15) is 4.79 Å². The third-order valence-corrected chi connectivity index (χ3v) is 3.13. The number of aromatic nitrogens is 1. The lowest BCUT2D eigenvalue weighted by molar-refractivity contribution is 0.905. The van der Waals surface area contributed by atoms with E-state index in [0.29, 0.717) is 0 Å². The molecule has 0 spiro atoms. The Morgan fingerprint density at radius 2 is 2.11 bits per heavy atom. The molecule has 0 bridgehead atoms. The van der Waals surface area contributed by atoms with Gasteiger partial charge in [-0.25, -0.2) is 0 Å². The first-order valence-corrected chi connectivity index (χ1v) is 6.15. The monoisotopic (exact) mass is 242 g/mol. The molecule has 0 amide bonds. The van der Waals surface area contributed by atoms with Crippen molar-refractivity contribution in [2.24, 2.45) is 7.05 Å². The molecule has 0 unspecified atom stereocenters. The number of hydrogen-bond acceptors (Lipinski definition) is 2. The summed E-state index contributed by atoms with van der Waals surface area (Å²) in [6.07, 6.45) is 2.68. The molecule has 0 saturated carbocycles. The Hall–Kier alpha value is -2.03. The number of nitrogens with zero attached hydrogens (tertiary/aromatic N) is 1.